The largest absolute Gasteiger partial charge is 0.317 e. The maximum atomic E-state index is 11.7. The number of hydrogen-bond donors (Lipinski definition) is 1. The van der Waals surface area contributed by atoms with Crippen LogP contribution in [0.1, 0.15) is 0 Å². The zero-order valence-electron chi connectivity index (χ0n) is 9.19. The average molecular weight is 298 g/mol. The van der Waals surface area contributed by atoms with E-state index < -0.39 is 0 Å². The van der Waals surface area contributed by atoms with Gasteiger partial charge in [0.15, 0.2) is 0 Å². The number of carbonyl (C=O) groups excluding carboxylic acids is 1. The van der Waals surface area contributed by atoms with Crippen molar-refractivity contribution in [2.75, 3.05) is 5.32 Å². The molecule has 18 heavy (non-hydrogen) atoms. The third-order valence-electron chi connectivity index (χ3n) is 2.11. The van der Waals surface area contributed by atoms with Crippen LogP contribution in [0.5, 0.6) is 0 Å². The lowest BCUT2D eigenvalue weighted by atomic mass is 10.3. The van der Waals surface area contributed by atoms with Crippen molar-refractivity contribution in [1.29, 1.82) is 0 Å². The van der Waals surface area contributed by atoms with E-state index in [1.54, 1.807) is 48.5 Å². The maximum absolute atomic E-state index is 11.7. The highest BCUT2D eigenvalue weighted by molar-refractivity contribution is 8.13. The number of halogens is 2. The number of benzene rings is 2. The molecule has 0 saturated heterocycles. The van der Waals surface area contributed by atoms with Crippen LogP contribution in [0.25, 0.3) is 0 Å². The summed E-state index contributed by atoms with van der Waals surface area (Å²) in [5, 5.41) is 3.90. The van der Waals surface area contributed by atoms with Crippen LogP contribution in [-0.2, 0) is 0 Å². The molecule has 0 atom stereocenters. The molecule has 2 nitrogen and oxygen atoms in total. The highest BCUT2D eigenvalue weighted by atomic mass is 35.5. The standard InChI is InChI=1S/C13H9Cl2NOS/c14-9-1-5-11(6-2-9)16-13(17)18-12-7-3-10(15)4-8-12/h1-8H,(H,16,17). The molecule has 2 rings (SSSR count). The average Bonchev–Trinajstić information content (AvgIpc) is 2.35. The van der Waals surface area contributed by atoms with Crippen molar-refractivity contribution in [2.45, 2.75) is 4.90 Å². The Bertz CT molecular complexity index is 490. The molecule has 0 fully saturated rings. The fourth-order valence-corrected chi connectivity index (χ4v) is 2.19. The van der Waals surface area contributed by atoms with E-state index in [1.807, 2.05) is 0 Å². The minimum absolute atomic E-state index is 0.153. The molecule has 2 aromatic rings. The van der Waals surface area contributed by atoms with Gasteiger partial charge in [-0.3, -0.25) is 4.79 Å². The highest BCUT2D eigenvalue weighted by Gasteiger charge is 2.04. The van der Waals surface area contributed by atoms with Gasteiger partial charge in [0.05, 0.1) is 0 Å². The van der Waals surface area contributed by atoms with Crippen molar-refractivity contribution in [1.82, 2.24) is 0 Å². The van der Waals surface area contributed by atoms with Crippen LogP contribution in [0.4, 0.5) is 10.5 Å². The topological polar surface area (TPSA) is 29.1 Å². The van der Waals surface area contributed by atoms with Crippen LogP contribution in [0.2, 0.25) is 10.0 Å². The Morgan fingerprint density at radius 3 is 1.94 bits per heavy atom. The SMILES string of the molecule is O=C(Nc1ccc(Cl)cc1)Sc1ccc(Cl)cc1. The fourth-order valence-electron chi connectivity index (χ4n) is 1.29. The molecule has 0 aliphatic carbocycles. The fraction of sp³-hybridized carbons (Fsp3) is 0. The number of nitrogens with one attached hydrogen (secondary N) is 1. The van der Waals surface area contributed by atoms with Crippen molar-refractivity contribution in [3.8, 4) is 0 Å². The number of rotatable bonds is 2. The lowest BCUT2D eigenvalue weighted by Crippen LogP contribution is -2.04. The Kier molecular flexibility index (Phi) is 4.53. The number of anilines is 1. The molecule has 1 N–H and O–H groups in total. The number of carbonyl (C=O) groups is 1. The molecule has 0 saturated carbocycles. The van der Waals surface area contributed by atoms with Crippen molar-refractivity contribution < 1.29 is 4.79 Å². The van der Waals surface area contributed by atoms with Crippen LogP contribution in [-0.4, -0.2) is 5.24 Å². The Hall–Kier alpha value is -1.16. The number of hydrogen-bond acceptors (Lipinski definition) is 2. The summed E-state index contributed by atoms with van der Waals surface area (Å²) in [6, 6.07) is 14.1. The summed E-state index contributed by atoms with van der Waals surface area (Å²) in [5.74, 6) is 0. The lowest BCUT2D eigenvalue weighted by Gasteiger charge is -2.04. The summed E-state index contributed by atoms with van der Waals surface area (Å²) >= 11 is 12.6. The van der Waals surface area contributed by atoms with E-state index in [2.05, 4.69) is 5.32 Å². The molecule has 0 radical (unpaired) electrons. The first kappa shape index (κ1) is 13.3. The van der Waals surface area contributed by atoms with Gasteiger partial charge in [0.2, 0.25) is 0 Å². The molecule has 2 aromatic carbocycles. The molecule has 1 amide bonds. The minimum atomic E-state index is -0.153. The third-order valence-corrected chi connectivity index (χ3v) is 3.41. The highest BCUT2D eigenvalue weighted by Crippen LogP contribution is 2.23. The van der Waals surface area contributed by atoms with Crippen LogP contribution in [0.3, 0.4) is 0 Å². The van der Waals surface area contributed by atoms with Crippen LogP contribution < -0.4 is 5.32 Å². The second kappa shape index (κ2) is 6.14. The molecular weight excluding hydrogens is 289 g/mol. The van der Waals surface area contributed by atoms with E-state index in [9.17, 15) is 4.79 Å². The van der Waals surface area contributed by atoms with Gasteiger partial charge in [-0.05, 0) is 60.3 Å². The molecule has 92 valence electrons. The first-order valence-electron chi connectivity index (χ1n) is 5.13. The van der Waals surface area contributed by atoms with Gasteiger partial charge < -0.3 is 5.32 Å². The smallest absolute Gasteiger partial charge is 0.288 e. The summed E-state index contributed by atoms with van der Waals surface area (Å²) in [6.07, 6.45) is 0. The van der Waals surface area contributed by atoms with E-state index in [4.69, 9.17) is 23.2 Å². The predicted octanol–water partition coefficient (Wildman–Crippen LogP) is 5.32. The van der Waals surface area contributed by atoms with E-state index in [0.717, 1.165) is 16.7 Å². The van der Waals surface area contributed by atoms with Gasteiger partial charge in [0, 0.05) is 20.6 Å². The summed E-state index contributed by atoms with van der Waals surface area (Å²) in [5.41, 5.74) is 0.714. The Morgan fingerprint density at radius 2 is 1.39 bits per heavy atom. The first-order chi connectivity index (χ1) is 8.63. The Labute approximate surface area is 119 Å². The van der Waals surface area contributed by atoms with E-state index in [1.165, 1.54) is 0 Å². The molecular formula is C13H9Cl2NOS. The third kappa shape index (κ3) is 3.95. The molecule has 5 heteroatoms. The van der Waals surface area contributed by atoms with Crippen LogP contribution in [0, 0.1) is 0 Å². The lowest BCUT2D eigenvalue weighted by molar-refractivity contribution is 0.270. The van der Waals surface area contributed by atoms with Gasteiger partial charge in [-0.15, -0.1) is 0 Å². The van der Waals surface area contributed by atoms with Gasteiger partial charge in [-0.2, -0.15) is 0 Å². The molecule has 0 spiro atoms. The number of amides is 1. The molecule has 0 aliphatic heterocycles. The monoisotopic (exact) mass is 297 g/mol. The van der Waals surface area contributed by atoms with E-state index in [0.29, 0.717) is 15.7 Å². The molecule has 0 aromatic heterocycles. The predicted molar refractivity (Wildman–Crippen MR) is 77.8 cm³/mol. The van der Waals surface area contributed by atoms with Gasteiger partial charge in [0.1, 0.15) is 0 Å². The molecule has 0 bridgehead atoms. The zero-order valence-corrected chi connectivity index (χ0v) is 11.5. The molecule has 0 aliphatic rings. The van der Waals surface area contributed by atoms with Crippen molar-refractivity contribution in [3.05, 3.63) is 58.6 Å². The number of thioether (sulfide) groups is 1. The normalized spacial score (nSPS) is 10.1. The summed E-state index contributed by atoms with van der Waals surface area (Å²) in [6.45, 7) is 0. The second-order valence-corrected chi connectivity index (χ2v) is 5.39. The van der Waals surface area contributed by atoms with Gasteiger partial charge in [0.25, 0.3) is 5.24 Å². The van der Waals surface area contributed by atoms with Gasteiger partial charge in [-0.1, -0.05) is 23.2 Å². The van der Waals surface area contributed by atoms with Crippen LogP contribution >= 0.6 is 35.0 Å². The molecule has 0 heterocycles. The second-order valence-electron chi connectivity index (χ2n) is 3.48. The van der Waals surface area contributed by atoms with E-state index in [-0.39, 0.29) is 5.24 Å². The summed E-state index contributed by atoms with van der Waals surface area (Å²) in [7, 11) is 0. The minimum Gasteiger partial charge on any atom is -0.317 e. The summed E-state index contributed by atoms with van der Waals surface area (Å²) in [4.78, 5) is 12.6. The first-order valence-corrected chi connectivity index (χ1v) is 6.71. The Balaban J connectivity index is 1.96. The van der Waals surface area contributed by atoms with E-state index >= 15 is 0 Å². The van der Waals surface area contributed by atoms with Gasteiger partial charge in [-0.25, -0.2) is 0 Å². The molecule has 0 unspecified atom stereocenters. The van der Waals surface area contributed by atoms with Crippen LogP contribution in [0.15, 0.2) is 53.4 Å². The van der Waals surface area contributed by atoms with Crippen molar-refractivity contribution >= 4 is 45.9 Å². The zero-order chi connectivity index (χ0) is 13.0. The van der Waals surface area contributed by atoms with Crippen molar-refractivity contribution in [2.24, 2.45) is 0 Å². The summed E-state index contributed by atoms with van der Waals surface area (Å²) < 4.78 is 0. The van der Waals surface area contributed by atoms with Crippen molar-refractivity contribution in [3.63, 3.8) is 0 Å². The maximum Gasteiger partial charge on any atom is 0.288 e. The quantitative estimate of drug-likeness (QED) is 0.760. The Morgan fingerprint density at radius 1 is 0.889 bits per heavy atom. The van der Waals surface area contributed by atoms with Gasteiger partial charge >= 0.3 is 0 Å².